The van der Waals surface area contributed by atoms with Crippen molar-refractivity contribution in [3.05, 3.63) is 16.7 Å². The Morgan fingerprint density at radius 3 is 2.83 bits per heavy atom. The molecule has 1 aliphatic rings. The van der Waals surface area contributed by atoms with Crippen molar-refractivity contribution in [3.63, 3.8) is 0 Å². The van der Waals surface area contributed by atoms with Crippen LogP contribution in [0.25, 0.3) is 11.2 Å². The minimum absolute atomic E-state index is 0.150. The summed E-state index contributed by atoms with van der Waals surface area (Å²) in [5.41, 5.74) is 4.40. The van der Waals surface area contributed by atoms with Crippen LogP contribution < -0.4 is 11.3 Å². The van der Waals surface area contributed by atoms with E-state index >= 15 is 0 Å². The number of nitrogens with two attached hydrogens (primary N) is 1. The van der Waals surface area contributed by atoms with Crippen molar-refractivity contribution in [2.75, 3.05) is 12.3 Å². The molecule has 10 nitrogen and oxygen atoms in total. The smallest absolute Gasteiger partial charge is 0.394 e. The molecule has 2 aromatic heterocycles. The van der Waals surface area contributed by atoms with E-state index in [0.29, 0.717) is 0 Å². The number of hydrogen-bond donors (Lipinski definition) is 4. The standard InChI is InChI=1S/C11H12F3N5O5/c12-11(13,14)24-6-5(21)3(1-20)23-9(6)19-2-16-4-7(19)17-10(15)18-8(4)22/h2-3,5-6,9,20-21H,1H2,(H3,15,17,18,22)/t3-,5?,6?,9-/m1/s1. The van der Waals surface area contributed by atoms with Crippen LogP contribution in [0.5, 0.6) is 0 Å². The maximum atomic E-state index is 12.6. The molecule has 0 aliphatic carbocycles. The van der Waals surface area contributed by atoms with Crippen molar-refractivity contribution in [2.45, 2.75) is 30.9 Å². The summed E-state index contributed by atoms with van der Waals surface area (Å²) in [5, 5.41) is 19.0. The Labute approximate surface area is 130 Å². The molecule has 1 saturated heterocycles. The van der Waals surface area contributed by atoms with Gasteiger partial charge in [-0.15, -0.1) is 13.2 Å². The number of rotatable bonds is 3. The number of alkyl halides is 3. The third-order valence-corrected chi connectivity index (χ3v) is 3.49. The predicted octanol–water partition coefficient (Wildman–Crippen LogP) is -1.14. The van der Waals surface area contributed by atoms with Crippen LogP contribution in [0.4, 0.5) is 19.1 Å². The highest BCUT2D eigenvalue weighted by Crippen LogP contribution is 2.36. The highest BCUT2D eigenvalue weighted by atomic mass is 19.4. The van der Waals surface area contributed by atoms with Crippen LogP contribution in [0.15, 0.2) is 11.1 Å². The molecule has 0 aromatic carbocycles. The average molecular weight is 351 g/mol. The van der Waals surface area contributed by atoms with Crippen LogP contribution in [-0.4, -0.2) is 61.0 Å². The summed E-state index contributed by atoms with van der Waals surface area (Å²) in [4.78, 5) is 21.5. The van der Waals surface area contributed by atoms with Gasteiger partial charge in [-0.05, 0) is 0 Å². The number of fused-ring (bicyclic) bond motifs is 1. The van der Waals surface area contributed by atoms with Gasteiger partial charge in [0.1, 0.15) is 18.3 Å². The first-order valence-corrected chi connectivity index (χ1v) is 6.62. The number of nitrogens with zero attached hydrogens (tertiary/aromatic N) is 3. The van der Waals surface area contributed by atoms with Crippen molar-refractivity contribution >= 4 is 17.1 Å². The first kappa shape index (κ1) is 16.6. The van der Waals surface area contributed by atoms with Crippen molar-refractivity contribution in [2.24, 2.45) is 0 Å². The molecule has 3 rings (SSSR count). The second kappa shape index (κ2) is 5.70. The third-order valence-electron chi connectivity index (χ3n) is 3.49. The summed E-state index contributed by atoms with van der Waals surface area (Å²) < 4.78 is 47.9. The lowest BCUT2D eigenvalue weighted by Crippen LogP contribution is -2.39. The molecule has 1 aliphatic heterocycles. The molecule has 0 spiro atoms. The number of anilines is 1. The fourth-order valence-electron chi connectivity index (χ4n) is 2.50. The largest absolute Gasteiger partial charge is 0.523 e. The van der Waals surface area contributed by atoms with Gasteiger partial charge in [0.15, 0.2) is 17.4 Å². The van der Waals surface area contributed by atoms with Gasteiger partial charge in [-0.1, -0.05) is 0 Å². The summed E-state index contributed by atoms with van der Waals surface area (Å²) in [7, 11) is 0. The van der Waals surface area contributed by atoms with Crippen LogP contribution in [0.2, 0.25) is 0 Å². The monoisotopic (exact) mass is 351 g/mol. The number of H-pyrrole nitrogens is 1. The van der Waals surface area contributed by atoms with Crippen LogP contribution >= 0.6 is 0 Å². The van der Waals surface area contributed by atoms with Gasteiger partial charge >= 0.3 is 6.36 Å². The molecule has 2 unspecified atom stereocenters. The van der Waals surface area contributed by atoms with E-state index in [1.807, 2.05) is 0 Å². The number of aromatic amines is 1. The number of aliphatic hydroxyl groups excluding tert-OH is 2. The molecule has 2 aromatic rings. The third kappa shape index (κ3) is 2.82. The molecule has 4 atom stereocenters. The zero-order valence-corrected chi connectivity index (χ0v) is 11.8. The van der Waals surface area contributed by atoms with E-state index in [-0.39, 0.29) is 17.1 Å². The van der Waals surface area contributed by atoms with Crippen LogP contribution in [0.3, 0.4) is 0 Å². The number of nitrogens with one attached hydrogen (secondary N) is 1. The SMILES string of the molecule is Nc1nc2c(ncn2[C@@H]2O[C@H](CO)C(O)C2OC(F)(F)F)c(=O)[nH]1. The molecule has 5 N–H and O–H groups in total. The van der Waals surface area contributed by atoms with Crippen molar-refractivity contribution in [3.8, 4) is 0 Å². The summed E-state index contributed by atoms with van der Waals surface area (Å²) in [6, 6.07) is 0. The molecule has 13 heteroatoms. The van der Waals surface area contributed by atoms with Gasteiger partial charge in [-0.3, -0.25) is 19.1 Å². The lowest BCUT2D eigenvalue weighted by atomic mass is 10.1. The van der Waals surface area contributed by atoms with Gasteiger partial charge in [-0.2, -0.15) is 4.98 Å². The average Bonchev–Trinajstić information content (AvgIpc) is 3.00. The first-order chi connectivity index (χ1) is 11.2. The van der Waals surface area contributed by atoms with Crippen molar-refractivity contribution < 1.29 is 32.9 Å². The van der Waals surface area contributed by atoms with Crippen molar-refractivity contribution in [1.82, 2.24) is 19.5 Å². The molecule has 1 fully saturated rings. The Kier molecular flexibility index (Phi) is 3.95. The van der Waals surface area contributed by atoms with Gasteiger partial charge in [-0.25, -0.2) is 4.98 Å². The van der Waals surface area contributed by atoms with E-state index in [4.69, 9.17) is 15.6 Å². The quantitative estimate of drug-likeness (QED) is 0.542. The number of aliphatic hydroxyl groups is 2. The van der Waals surface area contributed by atoms with Crippen molar-refractivity contribution in [1.29, 1.82) is 0 Å². The minimum Gasteiger partial charge on any atom is -0.394 e. The Balaban J connectivity index is 2.07. The normalized spacial score (nSPS) is 27.9. The molecular weight excluding hydrogens is 339 g/mol. The van der Waals surface area contributed by atoms with Crippen LogP contribution in [-0.2, 0) is 9.47 Å². The lowest BCUT2D eigenvalue weighted by molar-refractivity contribution is -0.355. The highest BCUT2D eigenvalue weighted by molar-refractivity contribution is 5.70. The first-order valence-electron chi connectivity index (χ1n) is 6.62. The van der Waals surface area contributed by atoms with Gasteiger partial charge in [0.05, 0.1) is 12.9 Å². The molecule has 132 valence electrons. The van der Waals surface area contributed by atoms with Gasteiger partial charge in [0.25, 0.3) is 5.56 Å². The number of hydrogen-bond acceptors (Lipinski definition) is 8. The highest BCUT2D eigenvalue weighted by Gasteiger charge is 2.50. The fraction of sp³-hybridized carbons (Fsp3) is 0.545. The zero-order chi connectivity index (χ0) is 17.6. The van der Waals surface area contributed by atoms with E-state index in [2.05, 4.69) is 19.7 Å². The minimum atomic E-state index is -5.06. The molecule has 0 radical (unpaired) electrons. The van der Waals surface area contributed by atoms with Gasteiger partial charge in [0, 0.05) is 0 Å². The van der Waals surface area contributed by atoms with E-state index in [1.165, 1.54) is 0 Å². The van der Waals surface area contributed by atoms with E-state index < -0.39 is 43.1 Å². The maximum absolute atomic E-state index is 12.6. The molecular formula is C11H12F3N5O5. The summed E-state index contributed by atoms with van der Waals surface area (Å²) in [5.74, 6) is -0.278. The zero-order valence-electron chi connectivity index (χ0n) is 11.8. The topological polar surface area (TPSA) is 149 Å². The predicted molar refractivity (Wildman–Crippen MR) is 70.5 cm³/mol. The fourth-order valence-corrected chi connectivity index (χ4v) is 2.50. The number of aromatic nitrogens is 4. The summed E-state index contributed by atoms with van der Waals surface area (Å²) in [6.45, 7) is -0.738. The second-order valence-corrected chi connectivity index (χ2v) is 5.04. The molecule has 3 heterocycles. The Morgan fingerprint density at radius 2 is 2.21 bits per heavy atom. The van der Waals surface area contributed by atoms with Crippen LogP contribution in [0, 0.1) is 0 Å². The number of halogens is 3. The van der Waals surface area contributed by atoms with E-state index in [9.17, 15) is 23.1 Å². The van der Waals surface area contributed by atoms with Gasteiger partial charge in [0.2, 0.25) is 5.95 Å². The van der Waals surface area contributed by atoms with Crippen LogP contribution in [0.1, 0.15) is 6.23 Å². The lowest BCUT2D eigenvalue weighted by Gasteiger charge is -2.22. The van der Waals surface area contributed by atoms with E-state index in [1.54, 1.807) is 0 Å². The second-order valence-electron chi connectivity index (χ2n) is 5.04. The van der Waals surface area contributed by atoms with Gasteiger partial charge < -0.3 is 20.7 Å². The Bertz CT molecular complexity index is 805. The maximum Gasteiger partial charge on any atom is 0.523 e. The molecule has 0 saturated carbocycles. The summed E-state index contributed by atoms with van der Waals surface area (Å²) >= 11 is 0. The Morgan fingerprint density at radius 1 is 1.50 bits per heavy atom. The molecule has 0 bridgehead atoms. The number of ether oxygens (including phenoxy) is 2. The molecule has 0 amide bonds. The summed E-state index contributed by atoms with van der Waals surface area (Å²) in [6.07, 6.45) is -10.6. The molecule has 24 heavy (non-hydrogen) atoms. The number of imidazole rings is 1. The van der Waals surface area contributed by atoms with E-state index in [0.717, 1.165) is 10.9 Å². The number of nitrogen functional groups attached to an aromatic ring is 1. The Hall–Kier alpha value is -2.22.